The van der Waals surface area contributed by atoms with Crippen LogP contribution in [0.4, 0.5) is 5.69 Å². The third-order valence-electron chi connectivity index (χ3n) is 5.21. The number of nitrogens with zero attached hydrogens (tertiary/aromatic N) is 3. The number of carbonyl (C=O) groups is 2. The van der Waals surface area contributed by atoms with Crippen LogP contribution in [0.3, 0.4) is 0 Å². The van der Waals surface area contributed by atoms with Gasteiger partial charge in [0.2, 0.25) is 5.91 Å². The second-order valence-electron chi connectivity index (χ2n) is 8.05. The fourth-order valence-electron chi connectivity index (χ4n) is 3.32. The minimum absolute atomic E-state index is 0.0484. The van der Waals surface area contributed by atoms with Crippen LogP contribution in [0.1, 0.15) is 31.7 Å². The topological polar surface area (TPSA) is 65.0 Å². The predicted octanol–water partition coefficient (Wildman–Crippen LogP) is 6.01. The Morgan fingerprint density at radius 2 is 1.85 bits per heavy atom. The molecule has 1 atom stereocenters. The van der Waals surface area contributed by atoms with Gasteiger partial charge in [-0.1, -0.05) is 54.4 Å². The van der Waals surface area contributed by atoms with Crippen molar-refractivity contribution in [3.05, 3.63) is 76.8 Å². The van der Waals surface area contributed by atoms with Crippen LogP contribution in [0, 0.1) is 12.8 Å². The van der Waals surface area contributed by atoms with E-state index in [-0.39, 0.29) is 24.3 Å². The molecule has 2 heterocycles. The number of aryl methyl sites for hydroxylation is 1. The standard InChI is InChI=1S/C15H17ClN4O2.C7H7Cl.C4H8/c1-19-14(21)9-20-8-10(5-6-13(20)18-19)15(22)17-12-4-2-3-11(16)7-12;1-6-3-2-4-7(8)5-6;1-3-4-2/h2-4,7,10H,5-6,8-9H2,1H3,(H,17,22);2-5H,1H3;3H,1,4H2,2H3. The summed E-state index contributed by atoms with van der Waals surface area (Å²) < 4.78 is 0. The fourth-order valence-corrected chi connectivity index (χ4v) is 3.75. The number of nitrogens with one attached hydrogen (secondary N) is 1. The number of allylic oxidation sites excluding steroid dienone is 1. The van der Waals surface area contributed by atoms with E-state index in [1.54, 1.807) is 31.3 Å². The van der Waals surface area contributed by atoms with Gasteiger partial charge in [-0.05, 0) is 55.7 Å². The van der Waals surface area contributed by atoms with Crippen LogP contribution in [-0.4, -0.2) is 47.7 Å². The summed E-state index contributed by atoms with van der Waals surface area (Å²) in [6.45, 7) is 8.37. The van der Waals surface area contributed by atoms with E-state index in [1.807, 2.05) is 42.2 Å². The van der Waals surface area contributed by atoms with Gasteiger partial charge < -0.3 is 10.2 Å². The molecule has 0 saturated carbocycles. The molecule has 2 aromatic rings. The van der Waals surface area contributed by atoms with Crippen molar-refractivity contribution in [1.29, 1.82) is 0 Å². The molecule has 1 N–H and O–H groups in total. The summed E-state index contributed by atoms with van der Waals surface area (Å²) in [6, 6.07) is 14.8. The predicted molar refractivity (Wildman–Crippen MR) is 141 cm³/mol. The summed E-state index contributed by atoms with van der Waals surface area (Å²) in [5.41, 5.74) is 1.89. The van der Waals surface area contributed by atoms with Crippen LogP contribution in [0.25, 0.3) is 0 Å². The van der Waals surface area contributed by atoms with Crippen molar-refractivity contribution < 1.29 is 9.59 Å². The molecule has 0 spiro atoms. The van der Waals surface area contributed by atoms with E-state index < -0.39 is 0 Å². The van der Waals surface area contributed by atoms with Crippen LogP contribution >= 0.6 is 23.2 Å². The number of hydrogen-bond acceptors (Lipinski definition) is 4. The van der Waals surface area contributed by atoms with Gasteiger partial charge in [-0.25, -0.2) is 5.01 Å². The number of piperidine rings is 1. The zero-order chi connectivity index (χ0) is 25.1. The lowest BCUT2D eigenvalue weighted by molar-refractivity contribution is -0.132. The Labute approximate surface area is 212 Å². The molecule has 182 valence electrons. The van der Waals surface area contributed by atoms with Gasteiger partial charge in [-0.3, -0.25) is 9.59 Å². The number of hydrazone groups is 1. The molecule has 1 fully saturated rings. The maximum Gasteiger partial charge on any atom is 0.261 e. The highest BCUT2D eigenvalue weighted by Gasteiger charge is 2.33. The Hall–Kier alpha value is -2.83. The smallest absolute Gasteiger partial charge is 0.261 e. The molecule has 2 amide bonds. The van der Waals surface area contributed by atoms with Crippen LogP contribution in [0.2, 0.25) is 10.0 Å². The Kier molecular flexibility index (Phi) is 11.1. The number of halogens is 2. The molecule has 1 unspecified atom stereocenters. The van der Waals surface area contributed by atoms with Crippen molar-refractivity contribution in [2.45, 2.75) is 33.1 Å². The van der Waals surface area contributed by atoms with E-state index in [0.29, 0.717) is 23.7 Å². The zero-order valence-corrected chi connectivity index (χ0v) is 21.4. The highest BCUT2D eigenvalue weighted by atomic mass is 35.5. The molecule has 6 nitrogen and oxygen atoms in total. The van der Waals surface area contributed by atoms with Crippen molar-refractivity contribution in [2.24, 2.45) is 11.0 Å². The molecular formula is C26H32Cl2N4O2. The molecule has 2 aliphatic heterocycles. The fraction of sp³-hybridized carbons (Fsp3) is 0.346. The number of hydrogen-bond donors (Lipinski definition) is 1. The molecule has 1 saturated heterocycles. The molecule has 2 aromatic carbocycles. The first-order valence-corrected chi connectivity index (χ1v) is 12.0. The zero-order valence-electron chi connectivity index (χ0n) is 19.9. The summed E-state index contributed by atoms with van der Waals surface area (Å²) >= 11 is 11.6. The second-order valence-corrected chi connectivity index (χ2v) is 8.92. The third-order valence-corrected chi connectivity index (χ3v) is 5.68. The van der Waals surface area contributed by atoms with E-state index in [2.05, 4.69) is 23.9 Å². The van der Waals surface area contributed by atoms with Gasteiger partial charge in [0.15, 0.2) is 0 Å². The van der Waals surface area contributed by atoms with Crippen molar-refractivity contribution in [3.8, 4) is 0 Å². The average molecular weight is 503 g/mol. The van der Waals surface area contributed by atoms with Crippen LogP contribution < -0.4 is 5.32 Å². The Bertz CT molecular complexity index is 1010. The third kappa shape index (κ3) is 8.84. The number of carbonyl (C=O) groups excluding carboxylic acids is 2. The average Bonchev–Trinajstić information content (AvgIpc) is 2.80. The second kappa shape index (κ2) is 13.8. The van der Waals surface area contributed by atoms with Crippen LogP contribution in [0.5, 0.6) is 0 Å². The van der Waals surface area contributed by atoms with Gasteiger partial charge in [0, 0.05) is 35.7 Å². The SMILES string of the molecule is C=CCC.CN1N=C2CCC(C(=O)Nc3cccc(Cl)c3)CN2CC1=O.Cc1cccc(Cl)c1. The molecule has 0 bridgehead atoms. The summed E-state index contributed by atoms with van der Waals surface area (Å²) in [4.78, 5) is 26.0. The number of benzene rings is 2. The number of fused-ring (bicyclic) bond motifs is 1. The van der Waals surface area contributed by atoms with Gasteiger partial charge in [0.1, 0.15) is 12.4 Å². The lowest BCUT2D eigenvalue weighted by atomic mass is 9.96. The molecule has 0 aromatic heterocycles. The minimum Gasteiger partial charge on any atom is -0.348 e. The molecule has 4 rings (SSSR count). The normalized spacial score (nSPS) is 16.7. The van der Waals surface area contributed by atoms with E-state index in [9.17, 15) is 9.59 Å². The number of anilines is 1. The van der Waals surface area contributed by atoms with Crippen LogP contribution in [-0.2, 0) is 9.59 Å². The van der Waals surface area contributed by atoms with Crippen molar-refractivity contribution in [1.82, 2.24) is 9.91 Å². The highest BCUT2D eigenvalue weighted by Crippen LogP contribution is 2.23. The van der Waals surface area contributed by atoms with E-state index in [4.69, 9.17) is 23.2 Å². The summed E-state index contributed by atoms with van der Waals surface area (Å²) in [6.07, 6.45) is 4.38. The van der Waals surface area contributed by atoms with Crippen molar-refractivity contribution in [3.63, 3.8) is 0 Å². The Morgan fingerprint density at radius 3 is 2.41 bits per heavy atom. The van der Waals surface area contributed by atoms with Crippen molar-refractivity contribution >= 4 is 46.5 Å². The Balaban J connectivity index is 0.000000281. The van der Waals surface area contributed by atoms with Gasteiger partial charge >= 0.3 is 0 Å². The van der Waals surface area contributed by atoms with Gasteiger partial charge in [-0.15, -0.1) is 6.58 Å². The van der Waals surface area contributed by atoms with Crippen LogP contribution in [0.15, 0.2) is 66.3 Å². The maximum atomic E-state index is 12.4. The highest BCUT2D eigenvalue weighted by molar-refractivity contribution is 6.31. The van der Waals surface area contributed by atoms with Crippen molar-refractivity contribution in [2.75, 3.05) is 25.5 Å². The number of rotatable bonds is 3. The quantitative estimate of drug-likeness (QED) is 0.522. The van der Waals surface area contributed by atoms with E-state index in [0.717, 1.165) is 23.7 Å². The minimum atomic E-state index is -0.158. The number of amides is 2. The maximum absolute atomic E-state index is 12.4. The molecule has 34 heavy (non-hydrogen) atoms. The van der Waals surface area contributed by atoms with Gasteiger partial charge in [0.25, 0.3) is 5.91 Å². The number of amidine groups is 1. The molecule has 0 aliphatic carbocycles. The molecule has 8 heteroatoms. The monoisotopic (exact) mass is 502 g/mol. The summed E-state index contributed by atoms with van der Waals surface area (Å²) in [5.74, 6) is 0.621. The van der Waals surface area contributed by atoms with E-state index >= 15 is 0 Å². The van der Waals surface area contributed by atoms with Gasteiger partial charge in [0.05, 0.1) is 5.92 Å². The molecule has 0 radical (unpaired) electrons. The summed E-state index contributed by atoms with van der Waals surface area (Å²) in [5, 5.41) is 9.90. The first-order chi connectivity index (χ1) is 16.2. The van der Waals surface area contributed by atoms with E-state index in [1.165, 1.54) is 10.6 Å². The number of likely N-dealkylation sites (N-methyl/N-ethyl adjacent to an activating group) is 1. The first kappa shape index (κ1) is 27.4. The van der Waals surface area contributed by atoms with Gasteiger partial charge in [-0.2, -0.15) is 5.10 Å². The first-order valence-electron chi connectivity index (χ1n) is 11.2. The summed E-state index contributed by atoms with van der Waals surface area (Å²) in [7, 11) is 1.66. The molecule has 2 aliphatic rings. The largest absolute Gasteiger partial charge is 0.348 e. The molecular weight excluding hydrogens is 471 g/mol. The lowest BCUT2D eigenvalue weighted by Gasteiger charge is -2.38. The lowest BCUT2D eigenvalue weighted by Crippen LogP contribution is -2.51. The Morgan fingerprint density at radius 1 is 1.21 bits per heavy atom.